The van der Waals surface area contributed by atoms with Crippen LogP contribution in [0, 0.1) is 5.82 Å². The van der Waals surface area contributed by atoms with E-state index in [1.165, 1.54) is 31.2 Å². The van der Waals surface area contributed by atoms with Crippen molar-refractivity contribution in [2.45, 2.75) is 6.54 Å². The largest absolute Gasteiger partial charge is 0.453 e. The Morgan fingerprint density at radius 1 is 1.60 bits per heavy atom. The van der Waals surface area contributed by atoms with Crippen LogP contribution in [0.5, 0.6) is 0 Å². The summed E-state index contributed by atoms with van der Waals surface area (Å²) in [4.78, 5) is 12.3. The van der Waals surface area contributed by atoms with E-state index in [0.717, 1.165) is 0 Å². The highest BCUT2D eigenvalue weighted by Crippen LogP contribution is 2.17. The van der Waals surface area contributed by atoms with E-state index in [-0.39, 0.29) is 6.54 Å². The number of carbonyl (C=O) groups is 1. The van der Waals surface area contributed by atoms with Crippen molar-refractivity contribution in [2.24, 2.45) is 0 Å². The summed E-state index contributed by atoms with van der Waals surface area (Å²) in [5.74, 6) is -0.425. The summed E-state index contributed by atoms with van der Waals surface area (Å²) in [6.45, 7) is 0.0885. The fourth-order valence-corrected chi connectivity index (χ4v) is 1.20. The van der Waals surface area contributed by atoms with E-state index < -0.39 is 11.9 Å². The molecule has 1 aromatic carbocycles. The molecule has 82 valence electrons. The van der Waals surface area contributed by atoms with Gasteiger partial charge in [-0.2, -0.15) is 0 Å². The molecule has 0 aliphatic heterocycles. The predicted molar refractivity (Wildman–Crippen MR) is 54.7 cm³/mol. The van der Waals surface area contributed by atoms with Gasteiger partial charge < -0.3 is 15.4 Å². The number of ether oxygens (including phenoxy) is 1. The van der Waals surface area contributed by atoms with Crippen molar-refractivity contribution in [1.29, 1.82) is 0 Å². The molecular weight excluding hydrogens is 199 g/mol. The lowest BCUT2D eigenvalue weighted by molar-refractivity contribution is 0.131. The minimum atomic E-state index is -0.530. The summed E-state index contributed by atoms with van der Waals surface area (Å²) in [6, 6.07) is 4.41. The van der Waals surface area contributed by atoms with Crippen molar-refractivity contribution in [2.75, 3.05) is 19.9 Å². The van der Waals surface area contributed by atoms with Crippen LogP contribution in [-0.2, 0) is 11.3 Å². The van der Waals surface area contributed by atoms with Gasteiger partial charge in [-0.05, 0) is 12.1 Å². The van der Waals surface area contributed by atoms with Crippen LogP contribution >= 0.6 is 0 Å². The number of amides is 1. The third-order valence-corrected chi connectivity index (χ3v) is 2.04. The Morgan fingerprint density at radius 3 is 2.80 bits per heavy atom. The second-order valence-corrected chi connectivity index (χ2v) is 3.13. The lowest BCUT2D eigenvalue weighted by Gasteiger charge is -2.16. The van der Waals surface area contributed by atoms with Gasteiger partial charge in [0.05, 0.1) is 13.7 Å². The number of rotatable bonds is 2. The van der Waals surface area contributed by atoms with E-state index in [0.29, 0.717) is 11.3 Å². The van der Waals surface area contributed by atoms with Gasteiger partial charge in [0.2, 0.25) is 0 Å². The van der Waals surface area contributed by atoms with Crippen LogP contribution in [0.1, 0.15) is 5.56 Å². The first-order valence-corrected chi connectivity index (χ1v) is 4.38. The first-order valence-electron chi connectivity index (χ1n) is 4.38. The minimum Gasteiger partial charge on any atom is -0.453 e. The average molecular weight is 212 g/mol. The molecule has 0 aromatic heterocycles. The van der Waals surface area contributed by atoms with Crippen molar-refractivity contribution < 1.29 is 13.9 Å². The van der Waals surface area contributed by atoms with Crippen LogP contribution in [-0.4, -0.2) is 25.2 Å². The van der Waals surface area contributed by atoms with Crippen LogP contribution in [0.25, 0.3) is 0 Å². The molecule has 0 aliphatic carbocycles. The quantitative estimate of drug-likeness (QED) is 0.757. The highest BCUT2D eigenvalue weighted by Gasteiger charge is 2.13. The molecule has 0 fully saturated rings. The second kappa shape index (κ2) is 4.63. The molecule has 0 aliphatic rings. The van der Waals surface area contributed by atoms with E-state index in [9.17, 15) is 9.18 Å². The van der Waals surface area contributed by atoms with E-state index in [4.69, 9.17) is 5.73 Å². The maximum absolute atomic E-state index is 13.3. The summed E-state index contributed by atoms with van der Waals surface area (Å²) in [6.07, 6.45) is -0.530. The van der Waals surface area contributed by atoms with Crippen LogP contribution in [0.3, 0.4) is 0 Å². The van der Waals surface area contributed by atoms with Crippen molar-refractivity contribution >= 4 is 11.8 Å². The SMILES string of the molecule is COC(=O)N(C)Cc1c(N)cccc1F. The zero-order chi connectivity index (χ0) is 11.4. The predicted octanol–water partition coefficient (Wildman–Crippen LogP) is 1.61. The van der Waals surface area contributed by atoms with Crippen molar-refractivity contribution in [3.05, 3.63) is 29.6 Å². The number of nitrogens with two attached hydrogens (primary N) is 1. The topological polar surface area (TPSA) is 55.6 Å². The van der Waals surface area contributed by atoms with E-state index in [1.807, 2.05) is 0 Å². The Bertz CT molecular complexity index is 348. The maximum Gasteiger partial charge on any atom is 0.409 e. The smallest absolute Gasteiger partial charge is 0.409 e. The molecule has 5 heteroatoms. The summed E-state index contributed by atoms with van der Waals surface area (Å²) in [5, 5.41) is 0. The highest BCUT2D eigenvalue weighted by molar-refractivity contribution is 5.67. The lowest BCUT2D eigenvalue weighted by atomic mass is 10.1. The molecule has 0 spiro atoms. The summed E-state index contributed by atoms with van der Waals surface area (Å²) < 4.78 is 17.8. The molecule has 2 N–H and O–H groups in total. The zero-order valence-corrected chi connectivity index (χ0v) is 8.66. The Kier molecular flexibility index (Phi) is 3.49. The van der Waals surface area contributed by atoms with Gasteiger partial charge in [0.25, 0.3) is 0 Å². The third-order valence-electron chi connectivity index (χ3n) is 2.04. The molecule has 15 heavy (non-hydrogen) atoms. The molecule has 0 saturated carbocycles. The van der Waals surface area contributed by atoms with Gasteiger partial charge in [0.1, 0.15) is 5.82 Å². The van der Waals surface area contributed by atoms with Crippen molar-refractivity contribution in [3.63, 3.8) is 0 Å². The van der Waals surface area contributed by atoms with Gasteiger partial charge in [-0.1, -0.05) is 6.07 Å². The number of nitrogens with zero attached hydrogens (tertiary/aromatic N) is 1. The summed E-state index contributed by atoms with van der Waals surface area (Å²) >= 11 is 0. The standard InChI is InChI=1S/C10H13FN2O2/c1-13(10(14)15-2)6-7-8(11)4-3-5-9(7)12/h3-5H,6,12H2,1-2H3. The Balaban J connectivity index is 2.85. The normalized spacial score (nSPS) is 9.80. The monoisotopic (exact) mass is 212 g/mol. The van der Waals surface area contributed by atoms with Crippen molar-refractivity contribution in [3.8, 4) is 0 Å². The number of hydrogen-bond donors (Lipinski definition) is 1. The molecule has 0 radical (unpaired) electrons. The Hall–Kier alpha value is -1.78. The van der Waals surface area contributed by atoms with Crippen LogP contribution in [0.2, 0.25) is 0 Å². The zero-order valence-electron chi connectivity index (χ0n) is 8.66. The highest BCUT2D eigenvalue weighted by atomic mass is 19.1. The first-order chi connectivity index (χ1) is 7.06. The molecular formula is C10H13FN2O2. The number of benzene rings is 1. The van der Waals surface area contributed by atoms with Gasteiger partial charge in [0.15, 0.2) is 0 Å². The number of nitrogen functional groups attached to an aromatic ring is 1. The average Bonchev–Trinajstić information content (AvgIpc) is 2.22. The molecule has 1 aromatic rings. The van der Waals surface area contributed by atoms with Crippen molar-refractivity contribution in [1.82, 2.24) is 4.90 Å². The molecule has 0 heterocycles. The first kappa shape index (κ1) is 11.3. The fraction of sp³-hybridized carbons (Fsp3) is 0.300. The number of hydrogen-bond acceptors (Lipinski definition) is 3. The van der Waals surface area contributed by atoms with E-state index in [1.54, 1.807) is 6.07 Å². The number of anilines is 1. The molecule has 1 amide bonds. The van der Waals surface area contributed by atoms with Gasteiger partial charge in [0, 0.05) is 18.3 Å². The second-order valence-electron chi connectivity index (χ2n) is 3.13. The lowest BCUT2D eigenvalue weighted by Crippen LogP contribution is -2.26. The Morgan fingerprint density at radius 2 is 2.27 bits per heavy atom. The van der Waals surface area contributed by atoms with Crippen LogP contribution in [0.4, 0.5) is 14.9 Å². The molecule has 1 rings (SSSR count). The van der Waals surface area contributed by atoms with E-state index >= 15 is 0 Å². The molecule has 0 bridgehead atoms. The summed E-state index contributed by atoms with van der Waals surface area (Å²) in [5.41, 5.74) is 6.21. The molecule has 4 nitrogen and oxygen atoms in total. The van der Waals surface area contributed by atoms with Gasteiger partial charge >= 0.3 is 6.09 Å². The van der Waals surface area contributed by atoms with Gasteiger partial charge in [-0.3, -0.25) is 0 Å². The summed E-state index contributed by atoms with van der Waals surface area (Å²) in [7, 11) is 2.78. The number of halogens is 1. The Labute approximate surface area is 87.4 Å². The van der Waals surface area contributed by atoms with Crippen LogP contribution in [0.15, 0.2) is 18.2 Å². The molecule has 0 unspecified atom stereocenters. The van der Waals surface area contributed by atoms with Gasteiger partial charge in [-0.25, -0.2) is 9.18 Å². The third kappa shape index (κ3) is 2.59. The molecule has 0 saturated heterocycles. The number of carbonyl (C=O) groups excluding carboxylic acids is 1. The fourth-order valence-electron chi connectivity index (χ4n) is 1.20. The maximum atomic E-state index is 13.3. The van der Waals surface area contributed by atoms with Crippen LogP contribution < -0.4 is 5.73 Å². The minimum absolute atomic E-state index is 0.0885. The molecule has 0 atom stereocenters. The van der Waals surface area contributed by atoms with E-state index in [2.05, 4.69) is 4.74 Å². The number of methoxy groups -OCH3 is 1. The van der Waals surface area contributed by atoms with Gasteiger partial charge in [-0.15, -0.1) is 0 Å².